The zero-order valence-electron chi connectivity index (χ0n) is 9.52. The molecule has 0 bridgehead atoms. The molecule has 0 spiro atoms. The van der Waals surface area contributed by atoms with Crippen molar-refractivity contribution in [1.29, 1.82) is 0 Å². The molecule has 0 aliphatic heterocycles. The summed E-state index contributed by atoms with van der Waals surface area (Å²) in [6.07, 6.45) is -2.24. The summed E-state index contributed by atoms with van der Waals surface area (Å²) in [5.41, 5.74) is 5.08. The van der Waals surface area contributed by atoms with E-state index in [0.717, 1.165) is 18.9 Å². The van der Waals surface area contributed by atoms with Crippen molar-refractivity contribution in [3.63, 3.8) is 0 Å². The second-order valence-electron chi connectivity index (χ2n) is 3.95. The minimum absolute atomic E-state index is 0.00937. The van der Waals surface area contributed by atoms with Gasteiger partial charge in [-0.2, -0.15) is 13.2 Å². The van der Waals surface area contributed by atoms with Crippen LogP contribution in [0.4, 0.5) is 13.2 Å². The Balaban J connectivity index is 3.12. The van der Waals surface area contributed by atoms with Crippen LogP contribution in [0.2, 0.25) is 5.02 Å². The topological polar surface area (TPSA) is 26.0 Å². The van der Waals surface area contributed by atoms with E-state index in [1.54, 1.807) is 0 Å². The smallest absolute Gasteiger partial charge is 0.324 e. The number of benzene rings is 1. The normalized spacial score (nSPS) is 13.8. The molecule has 0 aliphatic rings. The molecular formula is C12H15ClF3N. The van der Waals surface area contributed by atoms with Gasteiger partial charge in [0.1, 0.15) is 0 Å². The number of nitrogens with two attached hydrogens (primary N) is 1. The average Bonchev–Trinajstić information content (AvgIpc) is 2.24. The van der Waals surface area contributed by atoms with Crippen LogP contribution in [0, 0.1) is 0 Å². The monoisotopic (exact) mass is 265 g/mol. The van der Waals surface area contributed by atoms with E-state index in [2.05, 4.69) is 0 Å². The first-order chi connectivity index (χ1) is 7.88. The van der Waals surface area contributed by atoms with Gasteiger partial charge in [-0.25, -0.2) is 0 Å². The lowest BCUT2D eigenvalue weighted by molar-refractivity contribution is -0.138. The highest BCUT2D eigenvalue weighted by atomic mass is 35.5. The van der Waals surface area contributed by atoms with Gasteiger partial charge < -0.3 is 5.73 Å². The molecule has 0 unspecified atom stereocenters. The molecule has 1 atom stereocenters. The molecule has 0 saturated carbocycles. The van der Waals surface area contributed by atoms with Crippen LogP contribution in [0.1, 0.15) is 43.4 Å². The third-order valence-electron chi connectivity index (χ3n) is 2.60. The Bertz CT molecular complexity index is 377. The summed E-state index contributed by atoms with van der Waals surface area (Å²) in [4.78, 5) is 0. The molecule has 0 heterocycles. The second kappa shape index (κ2) is 5.74. The van der Waals surface area contributed by atoms with E-state index in [4.69, 9.17) is 17.3 Å². The fourth-order valence-electron chi connectivity index (χ4n) is 1.73. The first-order valence-electron chi connectivity index (χ1n) is 5.49. The molecule has 0 fully saturated rings. The van der Waals surface area contributed by atoms with E-state index in [1.165, 1.54) is 12.1 Å². The molecule has 1 nitrogen and oxygen atoms in total. The van der Waals surface area contributed by atoms with Gasteiger partial charge in [0.25, 0.3) is 0 Å². The largest absolute Gasteiger partial charge is 0.416 e. The highest BCUT2D eigenvalue weighted by Crippen LogP contribution is 2.38. The van der Waals surface area contributed by atoms with Crippen molar-refractivity contribution in [2.45, 2.75) is 38.4 Å². The molecule has 96 valence electrons. The first-order valence-corrected chi connectivity index (χ1v) is 5.87. The third-order valence-corrected chi connectivity index (χ3v) is 2.93. The average molecular weight is 266 g/mol. The molecule has 0 radical (unpaired) electrons. The van der Waals surface area contributed by atoms with Crippen molar-refractivity contribution >= 4 is 11.6 Å². The van der Waals surface area contributed by atoms with Crippen LogP contribution in [-0.2, 0) is 6.18 Å². The van der Waals surface area contributed by atoms with Crippen LogP contribution in [0.3, 0.4) is 0 Å². The fourth-order valence-corrected chi connectivity index (χ4v) is 2.04. The molecule has 1 rings (SSSR count). The van der Waals surface area contributed by atoms with Gasteiger partial charge in [0, 0.05) is 11.1 Å². The fraction of sp³-hybridized carbons (Fsp3) is 0.500. The molecule has 0 saturated heterocycles. The Kier molecular flexibility index (Phi) is 4.83. The zero-order valence-corrected chi connectivity index (χ0v) is 10.3. The van der Waals surface area contributed by atoms with E-state index >= 15 is 0 Å². The summed E-state index contributed by atoms with van der Waals surface area (Å²) in [7, 11) is 0. The summed E-state index contributed by atoms with van der Waals surface area (Å²) >= 11 is 5.83. The van der Waals surface area contributed by atoms with Gasteiger partial charge in [0.15, 0.2) is 0 Å². The highest BCUT2D eigenvalue weighted by molar-refractivity contribution is 6.31. The standard InChI is InChI=1S/C12H15ClF3N/c1-2-3-7-10(17)11-8(12(14,15)16)5-4-6-9(11)13/h4-6,10H,2-3,7,17H2,1H3/t10-/m1/s1. The Morgan fingerprint density at radius 3 is 2.53 bits per heavy atom. The van der Waals surface area contributed by atoms with E-state index in [9.17, 15) is 13.2 Å². The number of hydrogen-bond acceptors (Lipinski definition) is 1. The van der Waals surface area contributed by atoms with Gasteiger partial charge in [-0.05, 0) is 24.1 Å². The zero-order chi connectivity index (χ0) is 13.1. The molecule has 0 amide bonds. The lowest BCUT2D eigenvalue weighted by Crippen LogP contribution is -2.18. The summed E-state index contributed by atoms with van der Waals surface area (Å²) in [6, 6.07) is 3.09. The second-order valence-corrected chi connectivity index (χ2v) is 4.35. The van der Waals surface area contributed by atoms with Crippen LogP contribution in [0.15, 0.2) is 18.2 Å². The van der Waals surface area contributed by atoms with Crippen molar-refractivity contribution in [1.82, 2.24) is 0 Å². The van der Waals surface area contributed by atoms with Crippen LogP contribution in [-0.4, -0.2) is 0 Å². The Morgan fingerprint density at radius 2 is 2.00 bits per heavy atom. The molecule has 5 heteroatoms. The van der Waals surface area contributed by atoms with E-state index < -0.39 is 17.8 Å². The van der Waals surface area contributed by atoms with Crippen molar-refractivity contribution in [2.75, 3.05) is 0 Å². The maximum absolute atomic E-state index is 12.8. The minimum atomic E-state index is -4.41. The summed E-state index contributed by atoms with van der Waals surface area (Å²) in [5, 5.41) is 0.0865. The third kappa shape index (κ3) is 3.61. The van der Waals surface area contributed by atoms with Gasteiger partial charge in [-0.15, -0.1) is 0 Å². The van der Waals surface area contributed by atoms with E-state index in [1.807, 2.05) is 6.92 Å². The molecule has 2 N–H and O–H groups in total. The van der Waals surface area contributed by atoms with Crippen LogP contribution in [0.5, 0.6) is 0 Å². The van der Waals surface area contributed by atoms with Crippen LogP contribution < -0.4 is 5.73 Å². The van der Waals surface area contributed by atoms with Gasteiger partial charge >= 0.3 is 6.18 Å². The number of unbranched alkanes of at least 4 members (excludes halogenated alkanes) is 1. The minimum Gasteiger partial charge on any atom is -0.324 e. The van der Waals surface area contributed by atoms with E-state index in [-0.39, 0.29) is 10.6 Å². The molecule has 1 aromatic rings. The Hall–Kier alpha value is -0.740. The number of halogens is 4. The van der Waals surface area contributed by atoms with E-state index in [0.29, 0.717) is 6.42 Å². The van der Waals surface area contributed by atoms with Crippen LogP contribution >= 0.6 is 11.6 Å². The highest BCUT2D eigenvalue weighted by Gasteiger charge is 2.35. The number of rotatable bonds is 4. The SMILES string of the molecule is CCCC[C@@H](N)c1c(Cl)cccc1C(F)(F)F. The molecule has 1 aromatic carbocycles. The first kappa shape index (κ1) is 14.3. The lowest BCUT2D eigenvalue weighted by Gasteiger charge is -2.19. The summed E-state index contributed by atoms with van der Waals surface area (Å²) in [5.74, 6) is 0. The predicted octanol–water partition coefficient (Wildman–Crippen LogP) is 4.55. The number of alkyl halides is 3. The maximum Gasteiger partial charge on any atom is 0.416 e. The summed E-state index contributed by atoms with van der Waals surface area (Å²) < 4.78 is 38.4. The van der Waals surface area contributed by atoms with Gasteiger partial charge in [0.05, 0.1) is 5.56 Å². The lowest BCUT2D eigenvalue weighted by atomic mass is 9.96. The van der Waals surface area contributed by atoms with Crippen LogP contribution in [0.25, 0.3) is 0 Å². The predicted molar refractivity (Wildman–Crippen MR) is 62.9 cm³/mol. The van der Waals surface area contributed by atoms with Gasteiger partial charge in [-0.1, -0.05) is 37.4 Å². The molecule has 0 aromatic heterocycles. The van der Waals surface area contributed by atoms with Gasteiger partial charge in [-0.3, -0.25) is 0 Å². The van der Waals surface area contributed by atoms with Crippen molar-refractivity contribution in [3.05, 3.63) is 34.3 Å². The van der Waals surface area contributed by atoms with Crippen molar-refractivity contribution < 1.29 is 13.2 Å². The Labute approximate surface area is 104 Å². The molecule has 0 aliphatic carbocycles. The summed E-state index contributed by atoms with van der Waals surface area (Å²) in [6.45, 7) is 1.96. The van der Waals surface area contributed by atoms with Crippen molar-refractivity contribution in [3.8, 4) is 0 Å². The van der Waals surface area contributed by atoms with Crippen molar-refractivity contribution in [2.24, 2.45) is 5.73 Å². The van der Waals surface area contributed by atoms with Gasteiger partial charge in [0.2, 0.25) is 0 Å². The Morgan fingerprint density at radius 1 is 1.35 bits per heavy atom. The quantitative estimate of drug-likeness (QED) is 0.849. The number of hydrogen-bond donors (Lipinski definition) is 1. The maximum atomic E-state index is 12.8. The molecular weight excluding hydrogens is 251 g/mol. The molecule has 17 heavy (non-hydrogen) atoms.